The Kier molecular flexibility index (Phi) is 8.04. The number of fused-ring (bicyclic) bond motifs is 2. The molecule has 0 saturated carbocycles. The molecule has 1 atom stereocenters. The van der Waals surface area contributed by atoms with Crippen molar-refractivity contribution < 1.29 is 24.5 Å². The van der Waals surface area contributed by atoms with Crippen molar-refractivity contribution in [2.45, 2.75) is 19.0 Å². The normalized spacial score (nSPS) is 14.0. The summed E-state index contributed by atoms with van der Waals surface area (Å²) in [5.74, 6) is -0.517. The van der Waals surface area contributed by atoms with Gasteiger partial charge in [-0.05, 0) is 66.1 Å². The number of amides is 2. The first-order valence-electron chi connectivity index (χ1n) is 15.7. The van der Waals surface area contributed by atoms with Crippen molar-refractivity contribution in [2.24, 2.45) is 5.73 Å². The Labute approximate surface area is 277 Å². The zero-order valence-electron chi connectivity index (χ0n) is 26.3. The average Bonchev–Trinajstić information content (AvgIpc) is 3.51. The maximum atomic E-state index is 14.6. The van der Waals surface area contributed by atoms with Crippen molar-refractivity contribution in [3.05, 3.63) is 144 Å². The third-order valence-corrected chi connectivity index (χ3v) is 8.94. The molecule has 0 fully saturated rings. The second-order valence-electron chi connectivity index (χ2n) is 11.8. The standard InChI is InChI=1S/C39H34N4O5/c1-48-37-21-35(32(20-36(37)45)38(46)41-23-26-10-6-5-9-25(26)19-29(41)22-40)42-24-33(31-13-7-8-14-34(31)42)39(47)43(27-11-3-2-4-12-27)28-15-17-30(44)18-16-28/h2-18,20-21,24,29,44-45H,19,22-23,40H2,1H3/t29-/m0/s1. The fourth-order valence-electron chi connectivity index (χ4n) is 6.51. The molecule has 9 heteroatoms. The van der Waals surface area contributed by atoms with Crippen LogP contribution in [0.4, 0.5) is 11.4 Å². The van der Waals surface area contributed by atoms with Gasteiger partial charge in [0.15, 0.2) is 11.5 Å². The SMILES string of the molecule is COc1cc(-n2cc(C(=O)N(c3ccccc3)c3ccc(O)cc3)c3ccccc32)c(C(=O)N2Cc3ccccc3C[C@H]2CN)cc1O. The van der Waals surface area contributed by atoms with Crippen LogP contribution in [0, 0.1) is 0 Å². The third kappa shape index (κ3) is 5.40. The maximum absolute atomic E-state index is 14.6. The zero-order valence-corrected chi connectivity index (χ0v) is 26.3. The molecular weight excluding hydrogens is 604 g/mol. The molecular formula is C39H34N4O5. The van der Waals surface area contributed by atoms with Crippen molar-refractivity contribution in [2.75, 3.05) is 18.6 Å². The molecule has 0 radical (unpaired) electrons. The van der Waals surface area contributed by atoms with Crippen LogP contribution in [0.15, 0.2) is 121 Å². The van der Waals surface area contributed by atoms with Gasteiger partial charge in [0, 0.05) is 48.2 Å². The number of hydrogen-bond donors (Lipinski definition) is 3. The summed E-state index contributed by atoms with van der Waals surface area (Å²) in [4.78, 5) is 32.5. The molecule has 1 aliphatic heterocycles. The number of nitrogens with two attached hydrogens (primary N) is 1. The molecule has 0 aliphatic carbocycles. The van der Waals surface area contributed by atoms with Crippen molar-refractivity contribution >= 4 is 34.1 Å². The number of anilines is 2. The number of carbonyl (C=O) groups excluding carboxylic acids is 2. The lowest BCUT2D eigenvalue weighted by Gasteiger charge is -2.37. The summed E-state index contributed by atoms with van der Waals surface area (Å²) in [7, 11) is 1.45. The minimum absolute atomic E-state index is 0.0864. The maximum Gasteiger partial charge on any atom is 0.265 e. The highest BCUT2D eigenvalue weighted by Gasteiger charge is 2.32. The number of methoxy groups -OCH3 is 1. The summed E-state index contributed by atoms with van der Waals surface area (Å²) >= 11 is 0. The molecule has 4 N–H and O–H groups in total. The molecule has 9 nitrogen and oxygen atoms in total. The van der Waals surface area contributed by atoms with Gasteiger partial charge in [-0.25, -0.2) is 0 Å². The van der Waals surface area contributed by atoms with Crippen LogP contribution in [0.3, 0.4) is 0 Å². The second-order valence-corrected chi connectivity index (χ2v) is 11.8. The van der Waals surface area contributed by atoms with E-state index < -0.39 is 0 Å². The number of para-hydroxylation sites is 2. The Morgan fingerprint density at radius 2 is 1.50 bits per heavy atom. The highest BCUT2D eigenvalue weighted by molar-refractivity contribution is 6.17. The number of nitrogens with zero attached hydrogens (tertiary/aromatic N) is 3. The van der Waals surface area contributed by atoms with Crippen LogP contribution < -0.4 is 15.4 Å². The number of aromatic nitrogens is 1. The monoisotopic (exact) mass is 638 g/mol. The van der Waals surface area contributed by atoms with Crippen LogP contribution in [0.25, 0.3) is 16.6 Å². The summed E-state index contributed by atoms with van der Waals surface area (Å²) in [5.41, 5.74) is 11.4. The molecule has 2 amide bonds. The largest absolute Gasteiger partial charge is 0.508 e. The number of phenolic OH excluding ortho intramolecular Hbond substituents is 2. The lowest BCUT2D eigenvalue weighted by atomic mass is 9.93. The van der Waals surface area contributed by atoms with E-state index in [1.165, 1.54) is 25.3 Å². The molecule has 48 heavy (non-hydrogen) atoms. The van der Waals surface area contributed by atoms with Gasteiger partial charge in [-0.2, -0.15) is 0 Å². The highest BCUT2D eigenvalue weighted by Crippen LogP contribution is 2.38. The van der Waals surface area contributed by atoms with Gasteiger partial charge in [-0.15, -0.1) is 0 Å². The van der Waals surface area contributed by atoms with Gasteiger partial charge >= 0.3 is 0 Å². The predicted octanol–water partition coefficient (Wildman–Crippen LogP) is 6.55. The number of phenols is 2. The van der Waals surface area contributed by atoms with Crippen LogP contribution >= 0.6 is 0 Å². The highest BCUT2D eigenvalue weighted by atomic mass is 16.5. The van der Waals surface area contributed by atoms with Crippen LogP contribution in [0.1, 0.15) is 31.8 Å². The van der Waals surface area contributed by atoms with Gasteiger partial charge in [-0.1, -0.05) is 60.7 Å². The van der Waals surface area contributed by atoms with Gasteiger partial charge in [0.2, 0.25) is 0 Å². The van der Waals surface area contributed by atoms with E-state index in [2.05, 4.69) is 6.07 Å². The molecule has 0 saturated heterocycles. The molecule has 7 rings (SSSR count). The summed E-state index contributed by atoms with van der Waals surface area (Å²) < 4.78 is 7.30. The van der Waals surface area contributed by atoms with E-state index in [9.17, 15) is 19.8 Å². The Balaban J connectivity index is 1.39. The molecule has 240 valence electrons. The number of benzene rings is 5. The van der Waals surface area contributed by atoms with Crippen molar-refractivity contribution in [1.82, 2.24) is 9.47 Å². The number of hydrogen-bond acceptors (Lipinski definition) is 6. The van der Waals surface area contributed by atoms with Gasteiger partial charge in [0.1, 0.15) is 5.75 Å². The minimum Gasteiger partial charge on any atom is -0.508 e. The van der Waals surface area contributed by atoms with E-state index in [0.717, 1.165) is 11.1 Å². The lowest BCUT2D eigenvalue weighted by molar-refractivity contribution is 0.0647. The lowest BCUT2D eigenvalue weighted by Crippen LogP contribution is -2.48. The average molecular weight is 639 g/mol. The summed E-state index contributed by atoms with van der Waals surface area (Å²) in [6.07, 6.45) is 2.34. The first-order valence-corrected chi connectivity index (χ1v) is 15.7. The zero-order chi connectivity index (χ0) is 33.4. The Morgan fingerprint density at radius 1 is 0.833 bits per heavy atom. The van der Waals surface area contributed by atoms with Crippen molar-refractivity contribution in [3.8, 4) is 22.9 Å². The van der Waals surface area contributed by atoms with Gasteiger partial charge in [-0.3, -0.25) is 14.5 Å². The number of ether oxygens (including phenoxy) is 1. The molecule has 0 bridgehead atoms. The molecule has 1 aliphatic rings. The molecule has 2 heterocycles. The fraction of sp³-hybridized carbons (Fsp3) is 0.128. The predicted molar refractivity (Wildman–Crippen MR) is 185 cm³/mol. The first kappa shape index (κ1) is 30.6. The second kappa shape index (κ2) is 12.6. The summed E-state index contributed by atoms with van der Waals surface area (Å²) in [6.45, 7) is 0.646. The van der Waals surface area contributed by atoms with Gasteiger partial charge in [0.05, 0.1) is 29.4 Å². The van der Waals surface area contributed by atoms with E-state index in [0.29, 0.717) is 46.5 Å². The van der Waals surface area contributed by atoms with E-state index in [1.807, 2.05) is 72.8 Å². The Bertz CT molecular complexity index is 2140. The summed E-state index contributed by atoms with van der Waals surface area (Å²) in [5, 5.41) is 21.6. The fourth-order valence-corrected chi connectivity index (χ4v) is 6.51. The van der Waals surface area contributed by atoms with Crippen LogP contribution in [0.5, 0.6) is 17.2 Å². The quantitative estimate of drug-likeness (QED) is 0.182. The third-order valence-electron chi connectivity index (χ3n) is 8.94. The van der Waals surface area contributed by atoms with E-state index in [4.69, 9.17) is 10.5 Å². The van der Waals surface area contributed by atoms with Gasteiger partial charge in [0.25, 0.3) is 11.8 Å². The van der Waals surface area contributed by atoms with Crippen molar-refractivity contribution in [1.29, 1.82) is 0 Å². The molecule has 6 aromatic rings. The van der Waals surface area contributed by atoms with E-state index >= 15 is 0 Å². The number of rotatable bonds is 7. The molecule has 1 aromatic heterocycles. The molecule has 5 aromatic carbocycles. The smallest absolute Gasteiger partial charge is 0.265 e. The number of aromatic hydroxyl groups is 2. The van der Waals surface area contributed by atoms with E-state index in [1.54, 1.807) is 38.8 Å². The minimum atomic E-state index is -0.309. The topological polar surface area (TPSA) is 121 Å². The Morgan fingerprint density at radius 3 is 2.23 bits per heavy atom. The molecule has 0 unspecified atom stereocenters. The Hall–Kier alpha value is -6.06. The first-order chi connectivity index (χ1) is 23.4. The molecule has 0 spiro atoms. The van der Waals surface area contributed by atoms with Gasteiger partial charge < -0.3 is 30.2 Å². The van der Waals surface area contributed by atoms with Crippen LogP contribution in [-0.2, 0) is 13.0 Å². The van der Waals surface area contributed by atoms with E-state index in [-0.39, 0.29) is 47.2 Å². The number of carbonyl (C=O) groups is 2. The van der Waals surface area contributed by atoms with Crippen LogP contribution in [-0.4, -0.2) is 51.2 Å². The van der Waals surface area contributed by atoms with Crippen molar-refractivity contribution in [3.63, 3.8) is 0 Å². The summed E-state index contributed by atoms with van der Waals surface area (Å²) in [6, 6.07) is 34.0. The van der Waals surface area contributed by atoms with Crippen LogP contribution in [0.2, 0.25) is 0 Å².